The van der Waals surface area contributed by atoms with Gasteiger partial charge in [0.15, 0.2) is 0 Å². The Hall–Kier alpha value is -1.56. The fourth-order valence-electron chi connectivity index (χ4n) is 2.21. The number of aryl methyl sites for hydroxylation is 1. The molecule has 0 atom stereocenters. The van der Waals surface area contributed by atoms with Crippen molar-refractivity contribution in [2.75, 3.05) is 31.5 Å². The first kappa shape index (κ1) is 17.8. The van der Waals surface area contributed by atoms with E-state index in [4.69, 9.17) is 11.6 Å². The second-order valence-corrected chi connectivity index (χ2v) is 7.89. The van der Waals surface area contributed by atoms with Crippen LogP contribution < -0.4 is 4.31 Å². The summed E-state index contributed by atoms with van der Waals surface area (Å²) in [5.74, 6) is 0. The van der Waals surface area contributed by atoms with Crippen molar-refractivity contribution in [3.8, 4) is 0 Å². The Morgan fingerprint density at radius 3 is 2.22 bits per heavy atom. The van der Waals surface area contributed by atoms with Gasteiger partial charge in [-0.15, -0.1) is 0 Å². The number of anilines is 1. The molecule has 0 unspecified atom stereocenters. The molecule has 6 heteroatoms. The molecular weight excluding hydrogens is 332 g/mol. The van der Waals surface area contributed by atoms with E-state index in [2.05, 4.69) is 0 Å². The maximum absolute atomic E-state index is 13.1. The molecule has 0 fully saturated rings. The van der Waals surface area contributed by atoms with Crippen LogP contribution in [0, 0.1) is 6.92 Å². The number of likely N-dealkylation sites (N-methyl/N-ethyl adjacent to an activating group) is 1. The Kier molecular flexibility index (Phi) is 5.68. The van der Waals surface area contributed by atoms with Crippen molar-refractivity contribution in [2.45, 2.75) is 11.8 Å². The average molecular weight is 353 g/mol. The Labute approximate surface area is 143 Å². The molecule has 0 N–H and O–H groups in total. The maximum Gasteiger partial charge on any atom is 0.265 e. The van der Waals surface area contributed by atoms with Crippen LogP contribution in [0.4, 0.5) is 5.69 Å². The molecule has 2 aromatic carbocycles. The zero-order valence-electron chi connectivity index (χ0n) is 13.5. The third kappa shape index (κ3) is 4.25. The van der Waals surface area contributed by atoms with Crippen molar-refractivity contribution >= 4 is 27.3 Å². The van der Waals surface area contributed by atoms with Gasteiger partial charge in [-0.05, 0) is 50.8 Å². The van der Waals surface area contributed by atoms with Crippen LogP contribution in [-0.4, -0.2) is 40.5 Å². The van der Waals surface area contributed by atoms with E-state index >= 15 is 0 Å². The summed E-state index contributed by atoms with van der Waals surface area (Å²) in [6.07, 6.45) is 0. The molecule has 0 aliphatic heterocycles. The van der Waals surface area contributed by atoms with Crippen LogP contribution in [0.25, 0.3) is 0 Å². The van der Waals surface area contributed by atoms with Gasteiger partial charge in [0.25, 0.3) is 10.0 Å². The van der Waals surface area contributed by atoms with Crippen LogP contribution >= 0.6 is 11.6 Å². The predicted octanol–water partition coefficient (Wildman–Crippen LogP) is 3.41. The lowest BCUT2D eigenvalue weighted by atomic mass is 10.2. The van der Waals surface area contributed by atoms with Crippen molar-refractivity contribution in [1.29, 1.82) is 0 Å². The van der Waals surface area contributed by atoms with Gasteiger partial charge in [-0.2, -0.15) is 0 Å². The highest BCUT2D eigenvalue weighted by Crippen LogP contribution is 2.29. The minimum Gasteiger partial charge on any atom is -0.308 e. The average Bonchev–Trinajstić information content (AvgIpc) is 2.47. The van der Waals surface area contributed by atoms with Gasteiger partial charge in [0.1, 0.15) is 4.90 Å². The van der Waals surface area contributed by atoms with E-state index in [1.807, 2.05) is 44.1 Å². The van der Waals surface area contributed by atoms with E-state index in [1.54, 1.807) is 30.3 Å². The number of nitrogens with zero attached hydrogens (tertiary/aromatic N) is 2. The van der Waals surface area contributed by atoms with Crippen LogP contribution in [0.15, 0.2) is 53.4 Å². The minimum atomic E-state index is -3.72. The molecule has 2 aromatic rings. The van der Waals surface area contributed by atoms with Crippen LogP contribution in [0.5, 0.6) is 0 Å². The van der Waals surface area contributed by atoms with Crippen molar-refractivity contribution in [2.24, 2.45) is 0 Å². The molecule has 2 rings (SSSR count). The van der Waals surface area contributed by atoms with E-state index < -0.39 is 10.0 Å². The van der Waals surface area contributed by atoms with Gasteiger partial charge in [0.2, 0.25) is 0 Å². The molecule has 0 saturated carbocycles. The number of benzene rings is 2. The molecule has 0 heterocycles. The van der Waals surface area contributed by atoms with Gasteiger partial charge in [0.05, 0.1) is 10.7 Å². The number of sulfonamides is 1. The molecule has 0 amide bonds. The number of hydrogen-bond donors (Lipinski definition) is 0. The van der Waals surface area contributed by atoms with E-state index in [1.165, 1.54) is 4.31 Å². The Balaban J connectivity index is 2.48. The molecule has 0 aliphatic carbocycles. The largest absolute Gasteiger partial charge is 0.308 e. The summed E-state index contributed by atoms with van der Waals surface area (Å²) in [7, 11) is 0.100. The van der Waals surface area contributed by atoms with Crippen LogP contribution in [-0.2, 0) is 10.0 Å². The molecule has 23 heavy (non-hydrogen) atoms. The molecule has 0 aliphatic rings. The molecular formula is C17H21ClN2O2S. The van der Waals surface area contributed by atoms with Gasteiger partial charge in [-0.25, -0.2) is 8.42 Å². The molecule has 4 nitrogen and oxygen atoms in total. The molecule has 0 spiro atoms. The van der Waals surface area contributed by atoms with Gasteiger partial charge < -0.3 is 4.90 Å². The monoisotopic (exact) mass is 352 g/mol. The lowest BCUT2D eigenvalue weighted by Crippen LogP contribution is -2.36. The summed E-state index contributed by atoms with van der Waals surface area (Å²) in [5.41, 5.74) is 1.56. The third-order valence-corrected chi connectivity index (χ3v) is 5.76. The first-order valence-corrected chi connectivity index (χ1v) is 9.13. The highest BCUT2D eigenvalue weighted by Gasteiger charge is 2.27. The maximum atomic E-state index is 13.1. The first-order valence-electron chi connectivity index (χ1n) is 7.31. The highest BCUT2D eigenvalue weighted by atomic mass is 35.5. The normalized spacial score (nSPS) is 11.7. The van der Waals surface area contributed by atoms with Crippen LogP contribution in [0.1, 0.15) is 5.56 Å². The summed E-state index contributed by atoms with van der Waals surface area (Å²) in [4.78, 5) is 2.08. The van der Waals surface area contributed by atoms with E-state index in [9.17, 15) is 8.42 Å². The summed E-state index contributed by atoms with van der Waals surface area (Å²) in [6, 6.07) is 14.1. The van der Waals surface area contributed by atoms with E-state index in [0.717, 1.165) is 5.56 Å². The number of para-hydroxylation sites is 1. The summed E-state index contributed by atoms with van der Waals surface area (Å²) >= 11 is 6.19. The SMILES string of the molecule is Cc1ccc(S(=O)(=O)N(CCN(C)C)c2ccccc2)c(Cl)c1. The van der Waals surface area contributed by atoms with E-state index in [-0.39, 0.29) is 9.92 Å². The summed E-state index contributed by atoms with van der Waals surface area (Å²) < 4.78 is 27.6. The van der Waals surface area contributed by atoms with Crippen LogP contribution in [0.3, 0.4) is 0 Å². The highest BCUT2D eigenvalue weighted by molar-refractivity contribution is 7.93. The zero-order valence-corrected chi connectivity index (χ0v) is 15.1. The molecule has 124 valence electrons. The Morgan fingerprint density at radius 2 is 1.65 bits per heavy atom. The van der Waals surface area contributed by atoms with Crippen molar-refractivity contribution < 1.29 is 8.42 Å². The van der Waals surface area contributed by atoms with Crippen molar-refractivity contribution in [3.05, 3.63) is 59.1 Å². The third-order valence-electron chi connectivity index (χ3n) is 3.45. The number of halogens is 1. The molecule has 0 saturated heterocycles. The quantitative estimate of drug-likeness (QED) is 0.800. The second-order valence-electron chi connectivity index (χ2n) is 5.65. The number of rotatable bonds is 6. The Morgan fingerprint density at radius 1 is 1.00 bits per heavy atom. The summed E-state index contributed by atoms with van der Waals surface area (Å²) in [5, 5.41) is 0.246. The minimum absolute atomic E-state index is 0.132. The van der Waals surface area contributed by atoms with E-state index in [0.29, 0.717) is 18.8 Å². The topological polar surface area (TPSA) is 40.6 Å². The second kappa shape index (κ2) is 7.34. The molecule has 0 bridgehead atoms. The first-order chi connectivity index (χ1) is 10.8. The smallest absolute Gasteiger partial charge is 0.265 e. The molecule has 0 aromatic heterocycles. The van der Waals surface area contributed by atoms with Gasteiger partial charge >= 0.3 is 0 Å². The fraction of sp³-hybridized carbons (Fsp3) is 0.294. The Bertz CT molecular complexity index is 761. The lowest BCUT2D eigenvalue weighted by molar-refractivity contribution is 0.419. The van der Waals surface area contributed by atoms with Crippen LogP contribution in [0.2, 0.25) is 5.02 Å². The zero-order chi connectivity index (χ0) is 17.0. The lowest BCUT2D eigenvalue weighted by Gasteiger charge is -2.26. The fourth-order valence-corrected chi connectivity index (χ4v) is 4.24. The predicted molar refractivity (Wildman–Crippen MR) is 95.7 cm³/mol. The summed E-state index contributed by atoms with van der Waals surface area (Å²) in [6.45, 7) is 2.84. The van der Waals surface area contributed by atoms with Gasteiger partial charge in [-0.3, -0.25) is 4.31 Å². The van der Waals surface area contributed by atoms with Gasteiger partial charge in [0, 0.05) is 13.1 Å². The van der Waals surface area contributed by atoms with Crippen molar-refractivity contribution in [1.82, 2.24) is 4.90 Å². The van der Waals surface area contributed by atoms with Crippen molar-refractivity contribution in [3.63, 3.8) is 0 Å². The number of hydrogen-bond acceptors (Lipinski definition) is 3. The molecule has 0 radical (unpaired) electrons. The van der Waals surface area contributed by atoms with Gasteiger partial charge in [-0.1, -0.05) is 35.9 Å². The standard InChI is InChI=1S/C17H21ClN2O2S/c1-14-9-10-17(16(18)13-14)23(21,22)20(12-11-19(2)3)15-7-5-4-6-8-15/h4-10,13H,11-12H2,1-3H3.